The third-order valence-electron chi connectivity index (χ3n) is 2.43. The Hall–Kier alpha value is -0.610. The van der Waals surface area contributed by atoms with E-state index in [-0.39, 0.29) is 6.04 Å². The van der Waals surface area contributed by atoms with Crippen LogP contribution in [0.2, 0.25) is 10.0 Å². The number of nitrogens with zero attached hydrogens (tertiary/aromatic N) is 1. The van der Waals surface area contributed by atoms with E-state index in [0.29, 0.717) is 16.5 Å². The molecule has 0 aliphatic heterocycles. The minimum Gasteiger partial charge on any atom is -0.324 e. The largest absolute Gasteiger partial charge is 0.324 e. The van der Waals surface area contributed by atoms with E-state index >= 15 is 0 Å². The van der Waals surface area contributed by atoms with E-state index in [1.54, 1.807) is 23.5 Å². The lowest BCUT2D eigenvalue weighted by Gasteiger charge is -2.13. The molecule has 2 aromatic rings. The van der Waals surface area contributed by atoms with Gasteiger partial charge in [0.2, 0.25) is 0 Å². The molecule has 2 nitrogen and oxygen atoms in total. The second-order valence-corrected chi connectivity index (χ2v) is 5.59. The summed E-state index contributed by atoms with van der Waals surface area (Å²) in [6.07, 6.45) is 0.655. The van der Waals surface area contributed by atoms with Crippen molar-refractivity contribution in [2.45, 2.75) is 19.4 Å². The highest BCUT2D eigenvalue weighted by atomic mass is 35.5. The molecule has 0 aliphatic carbocycles. The summed E-state index contributed by atoms with van der Waals surface area (Å²) in [4.78, 5) is 4.39. The Kier molecular flexibility index (Phi) is 4.05. The summed E-state index contributed by atoms with van der Waals surface area (Å²) in [5, 5.41) is 4.23. The minimum absolute atomic E-state index is 0.221. The average molecular weight is 287 g/mol. The third kappa shape index (κ3) is 2.99. The number of hydrogen-bond donors (Lipinski definition) is 1. The predicted octanol–water partition coefficient (Wildman–Crippen LogP) is 4.00. The smallest absolute Gasteiger partial charge is 0.0947 e. The average Bonchev–Trinajstić information content (AvgIpc) is 2.63. The van der Waals surface area contributed by atoms with Crippen molar-refractivity contribution >= 4 is 34.5 Å². The van der Waals surface area contributed by atoms with Crippen molar-refractivity contribution in [1.29, 1.82) is 0 Å². The molecule has 5 heteroatoms. The van der Waals surface area contributed by atoms with Gasteiger partial charge in [-0.15, -0.1) is 11.3 Å². The standard InChI is InChI=1S/C12H12Cl2N2S/c1-7-6-17-11(16-7)5-10(15)12-8(13)3-2-4-9(12)14/h2-4,6,10H,5,15H2,1H3. The van der Waals surface area contributed by atoms with Gasteiger partial charge in [-0.05, 0) is 19.1 Å². The fourth-order valence-electron chi connectivity index (χ4n) is 1.65. The second-order valence-electron chi connectivity index (χ2n) is 3.83. The molecule has 0 spiro atoms. The predicted molar refractivity (Wildman–Crippen MR) is 73.9 cm³/mol. The third-order valence-corrected chi connectivity index (χ3v) is 4.08. The van der Waals surface area contributed by atoms with Crippen molar-refractivity contribution in [3.8, 4) is 0 Å². The first-order valence-corrected chi connectivity index (χ1v) is 6.82. The van der Waals surface area contributed by atoms with Crippen molar-refractivity contribution in [2.24, 2.45) is 5.73 Å². The van der Waals surface area contributed by atoms with Crippen LogP contribution in [-0.4, -0.2) is 4.98 Å². The zero-order valence-electron chi connectivity index (χ0n) is 9.28. The van der Waals surface area contributed by atoms with Gasteiger partial charge in [0, 0.05) is 39.1 Å². The maximum atomic E-state index is 6.14. The van der Waals surface area contributed by atoms with Gasteiger partial charge in [-0.3, -0.25) is 0 Å². The van der Waals surface area contributed by atoms with Gasteiger partial charge in [-0.1, -0.05) is 29.3 Å². The summed E-state index contributed by atoms with van der Waals surface area (Å²) in [6, 6.07) is 5.20. The quantitative estimate of drug-likeness (QED) is 0.926. The number of nitrogens with two attached hydrogens (primary N) is 1. The van der Waals surface area contributed by atoms with Crippen molar-refractivity contribution in [3.05, 3.63) is 49.9 Å². The molecule has 0 aliphatic rings. The molecule has 0 amide bonds. The number of aryl methyl sites for hydroxylation is 1. The molecule has 1 aromatic carbocycles. The van der Waals surface area contributed by atoms with Gasteiger partial charge >= 0.3 is 0 Å². The molecular weight excluding hydrogens is 275 g/mol. The van der Waals surface area contributed by atoms with Crippen molar-refractivity contribution < 1.29 is 0 Å². The lowest BCUT2D eigenvalue weighted by atomic mass is 10.1. The first-order chi connectivity index (χ1) is 8.08. The summed E-state index contributed by atoms with van der Waals surface area (Å²) >= 11 is 13.8. The summed E-state index contributed by atoms with van der Waals surface area (Å²) in [5.41, 5.74) is 7.95. The Balaban J connectivity index is 2.22. The maximum absolute atomic E-state index is 6.14. The van der Waals surface area contributed by atoms with Crippen molar-refractivity contribution in [3.63, 3.8) is 0 Å². The number of aromatic nitrogens is 1. The molecule has 1 heterocycles. The van der Waals surface area contributed by atoms with Crippen LogP contribution < -0.4 is 5.73 Å². The van der Waals surface area contributed by atoms with Crippen molar-refractivity contribution in [2.75, 3.05) is 0 Å². The fourth-order valence-corrected chi connectivity index (χ4v) is 3.16. The van der Waals surface area contributed by atoms with Crippen LogP contribution in [0, 0.1) is 6.92 Å². The number of benzene rings is 1. The van der Waals surface area contributed by atoms with Crippen LogP contribution in [0.4, 0.5) is 0 Å². The molecule has 17 heavy (non-hydrogen) atoms. The lowest BCUT2D eigenvalue weighted by Crippen LogP contribution is -2.14. The van der Waals surface area contributed by atoms with Gasteiger partial charge in [0.1, 0.15) is 0 Å². The topological polar surface area (TPSA) is 38.9 Å². The number of halogens is 2. The Bertz CT molecular complexity index is 505. The summed E-state index contributed by atoms with van der Waals surface area (Å²) in [5.74, 6) is 0. The molecule has 1 aromatic heterocycles. The highest BCUT2D eigenvalue weighted by Gasteiger charge is 2.15. The van der Waals surface area contributed by atoms with E-state index in [0.717, 1.165) is 16.3 Å². The molecule has 90 valence electrons. The Morgan fingerprint density at radius 2 is 2.00 bits per heavy atom. The van der Waals surface area contributed by atoms with E-state index in [1.807, 2.05) is 18.4 Å². The van der Waals surface area contributed by atoms with E-state index < -0.39 is 0 Å². The first kappa shape index (κ1) is 12.8. The van der Waals surface area contributed by atoms with E-state index in [9.17, 15) is 0 Å². The molecule has 0 radical (unpaired) electrons. The van der Waals surface area contributed by atoms with Crippen LogP contribution in [0.3, 0.4) is 0 Å². The summed E-state index contributed by atoms with van der Waals surface area (Å²) < 4.78 is 0. The van der Waals surface area contributed by atoms with E-state index in [1.165, 1.54) is 0 Å². The molecular formula is C12H12Cl2N2S. The Morgan fingerprint density at radius 3 is 2.53 bits per heavy atom. The number of hydrogen-bond acceptors (Lipinski definition) is 3. The summed E-state index contributed by atoms with van der Waals surface area (Å²) in [7, 11) is 0. The Morgan fingerprint density at radius 1 is 1.35 bits per heavy atom. The molecule has 1 unspecified atom stereocenters. The SMILES string of the molecule is Cc1csc(CC(N)c2c(Cl)cccc2Cl)n1. The van der Waals surface area contributed by atoms with E-state index in [2.05, 4.69) is 4.98 Å². The molecule has 1 atom stereocenters. The highest BCUT2D eigenvalue weighted by Crippen LogP contribution is 2.31. The number of rotatable bonds is 3. The van der Waals surface area contributed by atoms with Crippen LogP contribution in [0.25, 0.3) is 0 Å². The normalized spacial score (nSPS) is 12.7. The van der Waals surface area contributed by atoms with Gasteiger partial charge < -0.3 is 5.73 Å². The first-order valence-electron chi connectivity index (χ1n) is 5.18. The maximum Gasteiger partial charge on any atom is 0.0947 e. The fraction of sp³-hybridized carbons (Fsp3) is 0.250. The van der Waals surface area contributed by atoms with Crippen LogP contribution in [0.5, 0.6) is 0 Å². The molecule has 2 N–H and O–H groups in total. The Labute approximate surface area is 114 Å². The zero-order chi connectivity index (χ0) is 12.4. The van der Waals surface area contributed by atoms with Crippen LogP contribution in [0.15, 0.2) is 23.6 Å². The molecule has 0 saturated heterocycles. The van der Waals surface area contributed by atoms with Gasteiger partial charge in [-0.2, -0.15) is 0 Å². The van der Waals surface area contributed by atoms with Gasteiger partial charge in [0.25, 0.3) is 0 Å². The lowest BCUT2D eigenvalue weighted by molar-refractivity contribution is 0.717. The molecule has 0 saturated carbocycles. The van der Waals surface area contributed by atoms with Crippen LogP contribution >= 0.6 is 34.5 Å². The number of thiazole rings is 1. The zero-order valence-corrected chi connectivity index (χ0v) is 11.6. The van der Waals surface area contributed by atoms with Gasteiger partial charge in [0.15, 0.2) is 0 Å². The second kappa shape index (κ2) is 5.36. The molecule has 0 fully saturated rings. The van der Waals surface area contributed by atoms with Crippen LogP contribution in [-0.2, 0) is 6.42 Å². The van der Waals surface area contributed by atoms with Crippen molar-refractivity contribution in [1.82, 2.24) is 4.98 Å². The minimum atomic E-state index is -0.221. The van der Waals surface area contributed by atoms with Gasteiger partial charge in [-0.25, -0.2) is 4.98 Å². The molecule has 0 bridgehead atoms. The summed E-state index contributed by atoms with van der Waals surface area (Å²) in [6.45, 7) is 1.97. The van der Waals surface area contributed by atoms with E-state index in [4.69, 9.17) is 28.9 Å². The highest BCUT2D eigenvalue weighted by molar-refractivity contribution is 7.09. The monoisotopic (exact) mass is 286 g/mol. The molecule has 2 rings (SSSR count). The van der Waals surface area contributed by atoms with Gasteiger partial charge in [0.05, 0.1) is 5.01 Å². The van der Waals surface area contributed by atoms with Crippen LogP contribution in [0.1, 0.15) is 22.3 Å².